The Morgan fingerprint density at radius 2 is 0.288 bits per heavy atom. The van der Waals surface area contributed by atoms with Crippen molar-refractivity contribution in [3.63, 3.8) is 0 Å². The Hall–Kier alpha value is -12.1. The van der Waals surface area contributed by atoms with E-state index in [1.54, 1.807) is 0 Å². The van der Waals surface area contributed by atoms with Crippen LogP contribution in [-0.2, 0) is 0 Å². The molecule has 0 amide bonds. The zero-order valence-corrected chi connectivity index (χ0v) is 72.8. The third-order valence-corrected chi connectivity index (χ3v) is 26.5. The number of benzene rings is 11. The fraction of sp³-hybridized carbons (Fsp3) is 0.333. The molecule has 11 aromatic carbocycles. The summed E-state index contributed by atoms with van der Waals surface area (Å²) >= 11 is 0. The van der Waals surface area contributed by atoms with Gasteiger partial charge in [-0.2, -0.15) is 0 Å². The van der Waals surface area contributed by atoms with Crippen LogP contribution in [0.25, 0.3) is 0 Å². The second-order valence-corrected chi connectivity index (χ2v) is 35.6. The molecule has 0 saturated heterocycles. The zero-order chi connectivity index (χ0) is 84.9. The lowest BCUT2D eigenvalue weighted by Crippen LogP contribution is -2.22. The van der Waals surface area contributed by atoms with Crippen LogP contribution in [0.5, 0.6) is 0 Å². The molecule has 0 aromatic heterocycles. The number of nitrogen functional groups attached to an aromatic ring is 1. The number of nitrogens with two attached hydrogens (primary N) is 1. The molecule has 1 atom stereocenters. The zero-order valence-electron chi connectivity index (χ0n) is 72.8. The molecule has 6 aliphatic carbocycles. The molecule has 0 spiro atoms. The third-order valence-electron chi connectivity index (χ3n) is 26.5. The highest BCUT2D eigenvalue weighted by Crippen LogP contribution is 2.46. The van der Waals surface area contributed by atoms with Crippen LogP contribution in [0.2, 0.25) is 0 Å². The second-order valence-electron chi connectivity index (χ2n) is 35.6. The van der Waals surface area contributed by atoms with Gasteiger partial charge in [-0.1, -0.05) is 176 Å². The summed E-state index contributed by atoms with van der Waals surface area (Å²) in [6.07, 6.45) is 50.1. The van der Waals surface area contributed by atoms with Crippen molar-refractivity contribution < 1.29 is 0 Å². The van der Waals surface area contributed by atoms with E-state index in [0.29, 0.717) is 82.9 Å². The standard InChI is InChI=1S/C54H59N5.C40H44N4.C20H22N2/c1-4-10-49(11-5-1)55-36-41-16-20-43(21-17-41)38-58-52-32-28-47(29-33-52)54(46-26-24-45(25-27-46)40-57-51-14-8-3-9-15-51)48-30-34-53(35-31-48)59-39-44-22-18-42(19-23-44)37-56-50-12-6-2-7-13-50;41-36-23-19-34(20-24-36)40(33-17-15-32(16-18-33)29-43-38-9-5-2-6-10-38)35-21-25-39(26-22-35)44-28-31-13-11-30(12-14-31)27-42-37-7-3-1-4-8-37;1-3-7-19(8-4-1)21-15-17-11-13-18(14-12-17)16-22-20-9-5-2-6-10-20/h1-15,28-46,54H,16-27H2;1-10,19-33,40H,11-18,41H2;1-10,15-18H,11-14H2. The summed E-state index contributed by atoms with van der Waals surface area (Å²) < 4.78 is 0. The summed E-state index contributed by atoms with van der Waals surface area (Å²) in [6.45, 7) is 0. The smallest absolute Gasteiger partial charge is 0.0626 e. The van der Waals surface area contributed by atoms with Crippen molar-refractivity contribution in [2.75, 3.05) is 5.73 Å². The van der Waals surface area contributed by atoms with E-state index in [1.165, 1.54) is 176 Å². The van der Waals surface area contributed by atoms with Crippen LogP contribution < -0.4 is 5.73 Å². The molecule has 6 saturated carbocycles. The summed E-state index contributed by atoms with van der Waals surface area (Å²) in [6, 6.07) is 108. The first-order valence-electron chi connectivity index (χ1n) is 46.7. The van der Waals surface area contributed by atoms with Crippen LogP contribution in [0.3, 0.4) is 0 Å². The summed E-state index contributed by atoms with van der Waals surface area (Å²) in [7, 11) is 0. The Balaban J connectivity index is 0.000000160. The predicted octanol–water partition coefficient (Wildman–Crippen LogP) is 31.0. The molecule has 1 unspecified atom stereocenters. The van der Waals surface area contributed by atoms with Gasteiger partial charge in [-0.25, -0.2) is 0 Å². The van der Waals surface area contributed by atoms with Gasteiger partial charge in [-0.3, -0.25) is 49.9 Å². The first-order valence-corrected chi connectivity index (χ1v) is 46.7. The van der Waals surface area contributed by atoms with Gasteiger partial charge in [0.05, 0.1) is 56.9 Å². The Morgan fingerprint density at radius 3 is 0.440 bits per heavy atom. The largest absolute Gasteiger partial charge is 0.399 e. The molecular formula is C114H125N11. The number of para-hydroxylation sites is 7. The quantitative estimate of drug-likeness (QED) is 0.0417. The minimum absolute atomic E-state index is 0.332. The fourth-order valence-corrected chi connectivity index (χ4v) is 19.0. The molecule has 11 nitrogen and oxygen atoms in total. The monoisotopic (exact) mass is 1650 g/mol. The maximum Gasteiger partial charge on any atom is 0.0626 e. The Labute approximate surface area is 744 Å². The van der Waals surface area contributed by atoms with E-state index in [-0.39, 0.29) is 0 Å². The summed E-state index contributed by atoms with van der Waals surface area (Å²) in [4.78, 5) is 47.8. The molecule has 0 radical (unpaired) electrons. The van der Waals surface area contributed by atoms with Crippen molar-refractivity contribution in [3.8, 4) is 0 Å². The highest BCUT2D eigenvalue weighted by molar-refractivity contribution is 5.74. The van der Waals surface area contributed by atoms with Crippen LogP contribution in [0.4, 0.5) is 62.6 Å². The minimum atomic E-state index is 0.332. The van der Waals surface area contributed by atoms with E-state index < -0.39 is 0 Å². The molecule has 6 fully saturated rings. The lowest BCUT2D eigenvalue weighted by atomic mass is 9.71. The molecule has 0 aliphatic heterocycles. The van der Waals surface area contributed by atoms with Gasteiger partial charge in [0.25, 0.3) is 0 Å². The minimum Gasteiger partial charge on any atom is -0.399 e. The molecule has 11 heteroatoms. The molecule has 17 rings (SSSR count). The summed E-state index contributed by atoms with van der Waals surface area (Å²) in [5.74, 6) is 7.42. The molecule has 0 heterocycles. The van der Waals surface area contributed by atoms with Crippen LogP contribution in [0.15, 0.2) is 359 Å². The molecule has 11 aromatic rings. The van der Waals surface area contributed by atoms with Gasteiger partial charge < -0.3 is 5.73 Å². The molecule has 636 valence electrons. The first kappa shape index (κ1) is 87.8. The maximum absolute atomic E-state index is 6.07. The van der Waals surface area contributed by atoms with Crippen molar-refractivity contribution >= 4 is 125 Å². The average molecular weight is 1650 g/mol. The number of anilines is 1. The van der Waals surface area contributed by atoms with Crippen molar-refractivity contribution in [2.24, 2.45) is 121 Å². The normalized spacial score (nSPS) is 23.8. The van der Waals surface area contributed by atoms with Crippen molar-refractivity contribution in [1.29, 1.82) is 0 Å². The van der Waals surface area contributed by atoms with E-state index in [4.69, 9.17) is 40.7 Å². The molecule has 2 N–H and O–H groups in total. The van der Waals surface area contributed by atoms with Gasteiger partial charge in [0.2, 0.25) is 0 Å². The average Bonchev–Trinajstić information content (AvgIpc) is 0.806. The lowest BCUT2D eigenvalue weighted by molar-refractivity contribution is 0.299. The van der Waals surface area contributed by atoms with Gasteiger partial charge in [-0.15, -0.1) is 0 Å². The van der Waals surface area contributed by atoms with Crippen molar-refractivity contribution in [1.82, 2.24) is 0 Å². The van der Waals surface area contributed by atoms with E-state index in [0.717, 1.165) is 62.6 Å². The highest BCUT2D eigenvalue weighted by atomic mass is 14.8. The van der Waals surface area contributed by atoms with Crippen LogP contribution in [0, 0.1) is 71.0 Å². The van der Waals surface area contributed by atoms with E-state index >= 15 is 0 Å². The van der Waals surface area contributed by atoms with Gasteiger partial charge in [0, 0.05) is 79.7 Å². The number of rotatable bonds is 26. The van der Waals surface area contributed by atoms with Gasteiger partial charge in [0.1, 0.15) is 0 Å². The van der Waals surface area contributed by atoms with Gasteiger partial charge >= 0.3 is 0 Å². The van der Waals surface area contributed by atoms with E-state index in [1.807, 2.05) is 127 Å². The van der Waals surface area contributed by atoms with Crippen LogP contribution in [0.1, 0.15) is 188 Å². The van der Waals surface area contributed by atoms with Crippen LogP contribution in [-0.4, -0.2) is 62.1 Å². The topological polar surface area (TPSA) is 150 Å². The van der Waals surface area contributed by atoms with E-state index in [2.05, 4.69) is 259 Å². The lowest BCUT2D eigenvalue weighted by Gasteiger charge is -2.33. The Morgan fingerprint density at radius 1 is 0.160 bits per heavy atom. The second kappa shape index (κ2) is 47.7. The van der Waals surface area contributed by atoms with Crippen molar-refractivity contribution in [3.05, 3.63) is 332 Å². The Kier molecular flexibility index (Phi) is 33.5. The number of hydrogen-bond acceptors (Lipinski definition) is 11. The SMILES string of the molecule is C(=Nc1ccccc1)C1CCC(C=Nc2ccc(C(c3ccc(N=CC4CCC(C=Nc5ccccc5)CC4)cc3)C3CCC(C=Nc4ccccc4)CC3)cc2)CC1.C(=Nc1ccccc1)C1CCC(C=Nc2ccccc2)CC1.Nc1ccc(C(c2ccc(N=CC3CCC(C=Nc4ccccc4)CC3)cc2)C2CCC(C=Nc3ccccc3)CC2)cc1. The van der Waals surface area contributed by atoms with Crippen LogP contribution >= 0.6 is 0 Å². The van der Waals surface area contributed by atoms with Gasteiger partial charge in [-0.05, 0) is 381 Å². The first-order chi connectivity index (χ1) is 61.8. The number of hydrogen-bond donors (Lipinski definition) is 1. The summed E-state index contributed by atoms with van der Waals surface area (Å²) in [5, 5.41) is 0. The summed E-state index contributed by atoms with van der Waals surface area (Å²) in [5.41, 5.74) is 22.8. The van der Waals surface area contributed by atoms with Gasteiger partial charge in [0.15, 0.2) is 0 Å². The number of nitrogens with zero attached hydrogens (tertiary/aromatic N) is 10. The molecule has 125 heavy (non-hydrogen) atoms. The highest BCUT2D eigenvalue weighted by Gasteiger charge is 2.32. The third kappa shape index (κ3) is 28.5. The molecule has 6 aliphatic rings. The van der Waals surface area contributed by atoms with E-state index in [9.17, 15) is 0 Å². The predicted molar refractivity (Wildman–Crippen MR) is 533 cm³/mol. The fourth-order valence-electron chi connectivity index (χ4n) is 19.0. The van der Waals surface area contributed by atoms with Crippen molar-refractivity contribution in [2.45, 2.75) is 166 Å². The number of aliphatic imine (C=N–C) groups is 10. The molecule has 0 bridgehead atoms. The molecular weight excluding hydrogens is 1520 g/mol. The maximum atomic E-state index is 6.07. The Bertz CT molecular complexity index is 5060.